The third-order valence-corrected chi connectivity index (χ3v) is 8.42. The first-order chi connectivity index (χ1) is 21.2. The summed E-state index contributed by atoms with van der Waals surface area (Å²) < 4.78 is 5.43. The molecule has 6 rings (SSSR count). The van der Waals surface area contributed by atoms with Gasteiger partial charge in [-0.2, -0.15) is 4.98 Å². The van der Waals surface area contributed by atoms with Gasteiger partial charge in [-0.3, -0.25) is 0 Å². The second-order valence-corrected chi connectivity index (χ2v) is 11.1. The van der Waals surface area contributed by atoms with Crippen LogP contribution in [0, 0.1) is 0 Å². The first-order valence-corrected chi connectivity index (χ1v) is 14.9. The van der Waals surface area contributed by atoms with E-state index < -0.39 is 0 Å². The number of aliphatic hydroxyl groups excluding tert-OH is 1. The Labute approximate surface area is 256 Å². The van der Waals surface area contributed by atoms with Crippen LogP contribution in [0.4, 0.5) is 17.5 Å². The predicted molar refractivity (Wildman–Crippen MR) is 175 cm³/mol. The molecule has 0 saturated heterocycles. The molecule has 1 aromatic heterocycles. The van der Waals surface area contributed by atoms with E-state index in [2.05, 4.69) is 64.8 Å². The molecule has 2 N–H and O–H groups in total. The highest BCUT2D eigenvalue weighted by Gasteiger charge is 2.18. The second kappa shape index (κ2) is 13.4. The fourth-order valence-electron chi connectivity index (χ4n) is 4.94. The van der Waals surface area contributed by atoms with E-state index in [1.807, 2.05) is 72.8 Å². The van der Waals surface area contributed by atoms with E-state index >= 15 is 0 Å². The maximum atomic E-state index is 9.82. The minimum atomic E-state index is 0.00493. The zero-order valence-electron chi connectivity index (χ0n) is 23.9. The van der Waals surface area contributed by atoms with Gasteiger partial charge in [-0.1, -0.05) is 90.6 Å². The first kappa shape index (κ1) is 28.3. The summed E-state index contributed by atoms with van der Waals surface area (Å²) in [6, 6.07) is 42.8. The number of rotatable bonds is 11. The molecule has 1 heterocycles. The summed E-state index contributed by atoms with van der Waals surface area (Å²) in [6.45, 7) is 1.19. The number of methoxy groups -OCH3 is 1. The highest BCUT2D eigenvalue weighted by molar-refractivity contribution is 7.99. The molecule has 7 heteroatoms. The van der Waals surface area contributed by atoms with Gasteiger partial charge in [0.2, 0.25) is 5.95 Å². The average molecular weight is 585 g/mol. The van der Waals surface area contributed by atoms with Crippen molar-refractivity contribution in [3.05, 3.63) is 144 Å². The van der Waals surface area contributed by atoms with Crippen LogP contribution in [-0.2, 0) is 19.7 Å². The maximum Gasteiger partial charge on any atom is 0.225 e. The van der Waals surface area contributed by atoms with Crippen molar-refractivity contribution in [2.75, 3.05) is 17.3 Å². The SMILES string of the molecule is COc1ccc(N(Cc2ccccc2)c2nc(NCc3ccccc3Sc3ccccc3CO)nc3ccccc23)cc1. The zero-order valence-corrected chi connectivity index (χ0v) is 24.7. The molecule has 43 heavy (non-hydrogen) atoms. The topological polar surface area (TPSA) is 70.5 Å². The van der Waals surface area contributed by atoms with Crippen molar-refractivity contribution in [1.29, 1.82) is 0 Å². The van der Waals surface area contributed by atoms with Gasteiger partial charge < -0.3 is 20.1 Å². The first-order valence-electron chi connectivity index (χ1n) is 14.1. The summed E-state index contributed by atoms with van der Waals surface area (Å²) in [5, 5.41) is 14.3. The molecule has 0 atom stereocenters. The number of nitrogens with one attached hydrogen (secondary N) is 1. The summed E-state index contributed by atoms with van der Waals surface area (Å²) >= 11 is 1.65. The highest BCUT2D eigenvalue weighted by Crippen LogP contribution is 2.35. The predicted octanol–water partition coefficient (Wildman–Crippen LogP) is 8.23. The molecular formula is C36H32N4O2S. The van der Waals surface area contributed by atoms with Gasteiger partial charge in [-0.05, 0) is 65.2 Å². The molecule has 0 fully saturated rings. The van der Waals surface area contributed by atoms with Gasteiger partial charge in [0.15, 0.2) is 0 Å². The lowest BCUT2D eigenvalue weighted by Crippen LogP contribution is -2.19. The fourth-order valence-corrected chi connectivity index (χ4v) is 6.00. The molecule has 0 aliphatic rings. The molecule has 0 saturated carbocycles. The zero-order chi connectivity index (χ0) is 29.4. The fraction of sp³-hybridized carbons (Fsp3) is 0.111. The number of aromatic nitrogens is 2. The van der Waals surface area contributed by atoms with Crippen LogP contribution in [0.25, 0.3) is 10.9 Å². The van der Waals surface area contributed by atoms with Crippen LogP contribution in [-0.4, -0.2) is 22.2 Å². The molecule has 6 aromatic rings. The van der Waals surface area contributed by atoms with Gasteiger partial charge in [0.1, 0.15) is 11.6 Å². The van der Waals surface area contributed by atoms with E-state index in [-0.39, 0.29) is 6.61 Å². The van der Waals surface area contributed by atoms with Crippen molar-refractivity contribution < 1.29 is 9.84 Å². The van der Waals surface area contributed by atoms with E-state index in [0.717, 1.165) is 49.1 Å². The van der Waals surface area contributed by atoms with E-state index in [0.29, 0.717) is 19.0 Å². The van der Waals surface area contributed by atoms with Gasteiger partial charge >= 0.3 is 0 Å². The quantitative estimate of drug-likeness (QED) is 0.159. The molecule has 0 aliphatic carbocycles. The van der Waals surface area contributed by atoms with Crippen molar-refractivity contribution >= 4 is 40.1 Å². The molecular weight excluding hydrogens is 552 g/mol. The molecule has 0 radical (unpaired) electrons. The minimum absolute atomic E-state index is 0.00493. The van der Waals surface area contributed by atoms with E-state index in [9.17, 15) is 5.11 Å². The van der Waals surface area contributed by atoms with Crippen LogP contribution in [0.2, 0.25) is 0 Å². The van der Waals surface area contributed by atoms with Gasteiger partial charge in [0, 0.05) is 34.0 Å². The Morgan fingerprint density at radius 3 is 2.12 bits per heavy atom. The smallest absolute Gasteiger partial charge is 0.225 e. The minimum Gasteiger partial charge on any atom is -0.497 e. The Morgan fingerprint density at radius 1 is 0.721 bits per heavy atom. The van der Waals surface area contributed by atoms with Crippen LogP contribution in [0.5, 0.6) is 5.75 Å². The maximum absolute atomic E-state index is 9.82. The summed E-state index contributed by atoms with van der Waals surface area (Å²) in [5.74, 6) is 2.17. The molecule has 0 aliphatic heterocycles. The molecule has 0 amide bonds. The van der Waals surface area contributed by atoms with E-state index in [4.69, 9.17) is 14.7 Å². The summed E-state index contributed by atoms with van der Waals surface area (Å²) in [4.78, 5) is 14.4. The highest BCUT2D eigenvalue weighted by atomic mass is 32.2. The number of hydrogen-bond acceptors (Lipinski definition) is 7. The second-order valence-electron chi connectivity index (χ2n) is 9.99. The van der Waals surface area contributed by atoms with Crippen molar-refractivity contribution in [3.63, 3.8) is 0 Å². The Balaban J connectivity index is 1.35. The van der Waals surface area contributed by atoms with Crippen molar-refractivity contribution in [2.45, 2.75) is 29.5 Å². The monoisotopic (exact) mass is 584 g/mol. The lowest BCUT2D eigenvalue weighted by molar-refractivity contribution is 0.279. The number of para-hydroxylation sites is 1. The Hall–Kier alpha value is -4.85. The van der Waals surface area contributed by atoms with Gasteiger partial charge in [0.25, 0.3) is 0 Å². The number of aliphatic hydroxyl groups is 1. The molecule has 0 unspecified atom stereocenters. The Morgan fingerprint density at radius 2 is 1.37 bits per heavy atom. The van der Waals surface area contributed by atoms with Crippen LogP contribution >= 0.6 is 11.8 Å². The average Bonchev–Trinajstić information content (AvgIpc) is 3.07. The number of ether oxygens (including phenoxy) is 1. The number of hydrogen-bond donors (Lipinski definition) is 2. The molecule has 0 spiro atoms. The van der Waals surface area contributed by atoms with E-state index in [1.54, 1.807) is 18.9 Å². The molecule has 6 nitrogen and oxygen atoms in total. The third-order valence-electron chi connectivity index (χ3n) is 7.18. The number of fused-ring (bicyclic) bond motifs is 1. The Kier molecular flexibility index (Phi) is 8.82. The largest absolute Gasteiger partial charge is 0.497 e. The van der Waals surface area contributed by atoms with E-state index in [1.165, 1.54) is 5.56 Å². The van der Waals surface area contributed by atoms with Crippen LogP contribution in [0.3, 0.4) is 0 Å². The standard InChI is InChI=1S/C36H32N4O2S/c1-42-30-21-19-29(20-22-30)40(24-26-11-3-2-4-12-26)35-31-15-7-8-16-32(31)38-36(39-35)37-23-27-13-5-9-17-33(27)43-34-18-10-6-14-28(34)25-41/h2-22,41H,23-25H2,1H3,(H,37,38,39). The van der Waals surface area contributed by atoms with Gasteiger partial charge in [-0.25, -0.2) is 4.98 Å². The number of benzene rings is 5. The number of nitrogens with zero attached hydrogens (tertiary/aromatic N) is 3. The number of anilines is 3. The van der Waals surface area contributed by atoms with Crippen LogP contribution in [0.15, 0.2) is 137 Å². The van der Waals surface area contributed by atoms with Crippen LogP contribution in [0.1, 0.15) is 16.7 Å². The summed E-state index contributed by atoms with van der Waals surface area (Å²) in [6.07, 6.45) is 0. The van der Waals surface area contributed by atoms with Crippen molar-refractivity contribution in [3.8, 4) is 5.75 Å². The molecule has 5 aromatic carbocycles. The normalized spacial score (nSPS) is 10.9. The summed E-state index contributed by atoms with van der Waals surface area (Å²) in [7, 11) is 1.68. The molecule has 0 bridgehead atoms. The van der Waals surface area contributed by atoms with Crippen molar-refractivity contribution in [1.82, 2.24) is 9.97 Å². The van der Waals surface area contributed by atoms with Crippen LogP contribution < -0.4 is 15.0 Å². The molecule has 214 valence electrons. The Bertz CT molecular complexity index is 1810. The lowest BCUT2D eigenvalue weighted by atomic mass is 10.1. The summed E-state index contributed by atoms with van der Waals surface area (Å²) in [5.41, 5.74) is 5.07. The third kappa shape index (κ3) is 6.64. The van der Waals surface area contributed by atoms with Crippen molar-refractivity contribution in [2.24, 2.45) is 0 Å². The van der Waals surface area contributed by atoms with Gasteiger partial charge in [0.05, 0.1) is 19.2 Å². The van der Waals surface area contributed by atoms with Gasteiger partial charge in [-0.15, -0.1) is 0 Å². The lowest BCUT2D eigenvalue weighted by Gasteiger charge is -2.26.